The molecule has 0 unspecified atom stereocenters. The predicted molar refractivity (Wildman–Crippen MR) is 122 cm³/mol. The van der Waals surface area contributed by atoms with E-state index in [9.17, 15) is 14.7 Å². The molecule has 0 aliphatic rings. The van der Waals surface area contributed by atoms with Crippen LogP contribution in [0.4, 0.5) is 0 Å². The number of carboxylic acids is 1. The van der Waals surface area contributed by atoms with Crippen LogP contribution >= 0.6 is 0 Å². The van der Waals surface area contributed by atoms with Gasteiger partial charge < -0.3 is 19.5 Å². The van der Waals surface area contributed by atoms with Gasteiger partial charge in [0.2, 0.25) is 0 Å². The molecule has 6 nitrogen and oxygen atoms in total. The third kappa shape index (κ3) is 5.46. The maximum Gasteiger partial charge on any atom is 0.339 e. The highest BCUT2D eigenvalue weighted by atomic mass is 16.5. The van der Waals surface area contributed by atoms with Crippen LogP contribution in [0.3, 0.4) is 0 Å². The molecule has 3 rings (SSSR count). The van der Waals surface area contributed by atoms with Gasteiger partial charge in [-0.25, -0.2) is 4.79 Å². The van der Waals surface area contributed by atoms with Crippen LogP contribution in [0.25, 0.3) is 0 Å². The highest BCUT2D eigenvalue weighted by molar-refractivity contribution is 5.92. The van der Waals surface area contributed by atoms with Crippen LogP contribution in [0.5, 0.6) is 11.5 Å². The van der Waals surface area contributed by atoms with E-state index in [1.54, 1.807) is 17.0 Å². The second-order valence-electron chi connectivity index (χ2n) is 7.52. The monoisotopic (exact) mass is 433 g/mol. The second-order valence-corrected chi connectivity index (χ2v) is 7.52. The molecule has 0 aliphatic heterocycles. The van der Waals surface area contributed by atoms with Crippen LogP contribution in [-0.4, -0.2) is 35.6 Å². The van der Waals surface area contributed by atoms with Crippen LogP contribution in [0.15, 0.2) is 72.8 Å². The highest BCUT2D eigenvalue weighted by Gasteiger charge is 2.24. The minimum Gasteiger partial charge on any atom is -0.493 e. The van der Waals surface area contributed by atoms with Crippen LogP contribution in [0.2, 0.25) is 0 Å². The van der Waals surface area contributed by atoms with Gasteiger partial charge in [-0.2, -0.15) is 0 Å². The summed E-state index contributed by atoms with van der Waals surface area (Å²) in [5.74, 6) is -1.11. The molecule has 1 N–H and O–H groups in total. The van der Waals surface area contributed by atoms with E-state index in [2.05, 4.69) is 0 Å². The Hall–Kier alpha value is -3.80. The van der Waals surface area contributed by atoms with E-state index in [4.69, 9.17) is 9.47 Å². The molecule has 32 heavy (non-hydrogen) atoms. The number of rotatable bonds is 9. The Bertz CT molecular complexity index is 1060. The molecule has 6 heteroatoms. The first-order valence-corrected chi connectivity index (χ1v) is 10.3. The van der Waals surface area contributed by atoms with Crippen molar-refractivity contribution in [2.45, 2.75) is 26.4 Å². The number of carboxylic acid groups (broad SMARTS) is 1. The summed E-state index contributed by atoms with van der Waals surface area (Å²) >= 11 is 0. The lowest BCUT2D eigenvalue weighted by Gasteiger charge is -2.30. The largest absolute Gasteiger partial charge is 0.493 e. The summed E-state index contributed by atoms with van der Waals surface area (Å²) in [5, 5.41) is 9.48. The molecule has 0 bridgehead atoms. The first kappa shape index (κ1) is 22.9. The number of carbonyl (C=O) groups excluding carboxylic acids is 1. The average Bonchev–Trinajstić information content (AvgIpc) is 2.81. The molecule has 0 fully saturated rings. The Balaban J connectivity index is 1.85. The van der Waals surface area contributed by atoms with Gasteiger partial charge in [0.05, 0.1) is 13.2 Å². The molecule has 1 amide bonds. The minimum absolute atomic E-state index is 0.0403. The minimum atomic E-state index is -1.15. The number of nitrogens with zero attached hydrogens (tertiary/aromatic N) is 1. The van der Waals surface area contributed by atoms with Gasteiger partial charge in [0.1, 0.15) is 5.56 Å². The van der Waals surface area contributed by atoms with Gasteiger partial charge in [0.15, 0.2) is 18.1 Å². The summed E-state index contributed by atoms with van der Waals surface area (Å²) in [5.41, 5.74) is 3.08. The first-order valence-electron chi connectivity index (χ1n) is 10.3. The number of methoxy groups -OCH3 is 1. The van der Waals surface area contributed by atoms with Gasteiger partial charge in [-0.05, 0) is 37.1 Å². The van der Waals surface area contributed by atoms with E-state index < -0.39 is 5.97 Å². The van der Waals surface area contributed by atoms with Crippen molar-refractivity contribution in [2.75, 3.05) is 13.7 Å². The van der Waals surface area contributed by atoms with Crippen molar-refractivity contribution in [1.82, 2.24) is 4.90 Å². The van der Waals surface area contributed by atoms with E-state index >= 15 is 0 Å². The van der Waals surface area contributed by atoms with E-state index in [1.165, 1.54) is 13.2 Å². The average molecular weight is 434 g/mol. The van der Waals surface area contributed by atoms with Crippen LogP contribution < -0.4 is 9.47 Å². The van der Waals surface area contributed by atoms with E-state index in [0.29, 0.717) is 6.54 Å². The van der Waals surface area contributed by atoms with Crippen molar-refractivity contribution < 1.29 is 24.2 Å². The number of ether oxygens (including phenoxy) is 2. The second kappa shape index (κ2) is 10.5. The topological polar surface area (TPSA) is 76.1 Å². The summed E-state index contributed by atoms with van der Waals surface area (Å²) in [4.78, 5) is 26.6. The lowest BCUT2D eigenvalue weighted by Crippen LogP contribution is -2.36. The van der Waals surface area contributed by atoms with E-state index in [0.717, 1.165) is 16.7 Å². The molecular formula is C26H27NO5. The zero-order chi connectivity index (χ0) is 23.1. The standard InChI is InChI=1S/C26H27NO5/c1-18-12-14-20(15-13-18)16-27(19(2)21-8-5-4-6-9-21)24(28)17-32-25-22(26(29)30)10-7-11-23(25)31-3/h4-15,19H,16-17H2,1-3H3,(H,29,30)/t19-/m0/s1. The summed E-state index contributed by atoms with van der Waals surface area (Å²) in [6, 6.07) is 22.1. The van der Waals surface area contributed by atoms with Crippen molar-refractivity contribution in [2.24, 2.45) is 0 Å². The van der Waals surface area contributed by atoms with Crippen LogP contribution in [0.1, 0.15) is 40.0 Å². The van der Waals surface area contributed by atoms with Gasteiger partial charge in [-0.15, -0.1) is 0 Å². The Kier molecular flexibility index (Phi) is 7.49. The first-order chi connectivity index (χ1) is 15.4. The lowest BCUT2D eigenvalue weighted by molar-refractivity contribution is -0.136. The third-order valence-corrected chi connectivity index (χ3v) is 5.31. The highest BCUT2D eigenvalue weighted by Crippen LogP contribution is 2.31. The molecule has 3 aromatic rings. The van der Waals surface area contributed by atoms with Crippen LogP contribution in [0, 0.1) is 6.92 Å². The maximum atomic E-state index is 13.3. The zero-order valence-corrected chi connectivity index (χ0v) is 18.4. The smallest absolute Gasteiger partial charge is 0.339 e. The summed E-state index contributed by atoms with van der Waals surface area (Å²) in [7, 11) is 1.43. The number of amides is 1. The molecule has 0 aliphatic carbocycles. The number of carbonyl (C=O) groups is 2. The van der Waals surface area contributed by atoms with E-state index in [-0.39, 0.29) is 35.6 Å². The zero-order valence-electron chi connectivity index (χ0n) is 18.4. The number of benzene rings is 3. The molecule has 0 saturated carbocycles. The Labute approximate surface area is 188 Å². The summed E-state index contributed by atoms with van der Waals surface area (Å²) < 4.78 is 10.9. The number of aromatic carboxylic acids is 1. The normalized spacial score (nSPS) is 11.5. The van der Waals surface area contributed by atoms with Crippen molar-refractivity contribution in [3.05, 3.63) is 95.1 Å². The Morgan fingerprint density at radius 1 is 0.969 bits per heavy atom. The number of hydrogen-bond acceptors (Lipinski definition) is 4. The maximum absolute atomic E-state index is 13.3. The lowest BCUT2D eigenvalue weighted by atomic mass is 10.1. The Morgan fingerprint density at radius 2 is 1.66 bits per heavy atom. The van der Waals surface area contributed by atoms with Gasteiger partial charge in [-0.1, -0.05) is 66.2 Å². The van der Waals surface area contributed by atoms with E-state index in [1.807, 2.05) is 68.4 Å². The summed E-state index contributed by atoms with van der Waals surface area (Å²) in [6.07, 6.45) is 0. The van der Waals surface area contributed by atoms with Gasteiger partial charge in [0, 0.05) is 6.54 Å². The molecule has 0 aromatic heterocycles. The summed E-state index contributed by atoms with van der Waals surface area (Å²) in [6.45, 7) is 4.06. The SMILES string of the molecule is COc1cccc(C(=O)O)c1OCC(=O)N(Cc1ccc(C)cc1)[C@@H](C)c1ccccc1. The molecular weight excluding hydrogens is 406 g/mol. The van der Waals surface area contributed by atoms with Gasteiger partial charge >= 0.3 is 5.97 Å². The fourth-order valence-corrected chi connectivity index (χ4v) is 3.45. The Morgan fingerprint density at radius 3 is 2.28 bits per heavy atom. The number of aryl methyl sites for hydroxylation is 1. The molecule has 0 spiro atoms. The van der Waals surface area contributed by atoms with Gasteiger partial charge in [-0.3, -0.25) is 4.79 Å². The molecule has 0 radical (unpaired) electrons. The quantitative estimate of drug-likeness (QED) is 0.521. The predicted octanol–water partition coefficient (Wildman–Crippen LogP) is 4.87. The fraction of sp³-hybridized carbons (Fsp3) is 0.231. The van der Waals surface area contributed by atoms with Crippen molar-refractivity contribution in [3.63, 3.8) is 0 Å². The fourth-order valence-electron chi connectivity index (χ4n) is 3.45. The van der Waals surface area contributed by atoms with Crippen molar-refractivity contribution in [3.8, 4) is 11.5 Å². The molecule has 0 heterocycles. The molecule has 1 atom stereocenters. The molecule has 0 saturated heterocycles. The van der Waals surface area contributed by atoms with Crippen molar-refractivity contribution >= 4 is 11.9 Å². The number of hydrogen-bond donors (Lipinski definition) is 1. The van der Waals surface area contributed by atoms with Crippen LogP contribution in [-0.2, 0) is 11.3 Å². The molecule has 3 aromatic carbocycles. The third-order valence-electron chi connectivity index (χ3n) is 5.31. The van der Waals surface area contributed by atoms with Crippen molar-refractivity contribution in [1.29, 1.82) is 0 Å². The number of para-hydroxylation sites is 1. The molecule has 166 valence electrons. The van der Waals surface area contributed by atoms with Gasteiger partial charge in [0.25, 0.3) is 5.91 Å².